The Balaban J connectivity index is 1.63. The van der Waals surface area contributed by atoms with E-state index in [0.29, 0.717) is 33.1 Å². The molecule has 1 amide bonds. The number of fused-ring (bicyclic) bond motifs is 1. The van der Waals surface area contributed by atoms with Crippen LogP contribution >= 0.6 is 11.6 Å². The van der Waals surface area contributed by atoms with Crippen molar-refractivity contribution in [1.29, 1.82) is 0 Å². The van der Waals surface area contributed by atoms with Crippen molar-refractivity contribution in [1.82, 2.24) is 9.71 Å². The number of aromatic amines is 1. The molecule has 0 aliphatic rings. The largest absolute Gasteiger partial charge is 0.497 e. The molecule has 3 aromatic carbocycles. The van der Waals surface area contributed by atoms with E-state index in [-0.39, 0.29) is 10.6 Å². The Kier molecular flexibility index (Phi) is 6.17. The summed E-state index contributed by atoms with van der Waals surface area (Å²) in [4.78, 5) is 15.6. The number of carbonyl (C=O) groups is 1. The third-order valence-electron chi connectivity index (χ3n) is 4.93. The van der Waals surface area contributed by atoms with Crippen molar-refractivity contribution in [3.63, 3.8) is 0 Å². The van der Waals surface area contributed by atoms with Crippen molar-refractivity contribution in [2.75, 3.05) is 19.5 Å². The zero-order valence-corrected chi connectivity index (χ0v) is 19.3. The molecule has 0 fully saturated rings. The van der Waals surface area contributed by atoms with Crippen LogP contribution < -0.4 is 19.5 Å². The Hall–Kier alpha value is -3.69. The van der Waals surface area contributed by atoms with E-state index in [1.807, 2.05) is 24.3 Å². The van der Waals surface area contributed by atoms with Crippen LogP contribution in [0.3, 0.4) is 0 Å². The molecule has 4 aromatic rings. The molecule has 0 spiro atoms. The number of hydrogen-bond acceptors (Lipinski definition) is 6. The molecule has 3 N–H and O–H groups in total. The fraction of sp³-hybridized carbons (Fsp3) is 0.0870. The second-order valence-electron chi connectivity index (χ2n) is 7.03. The number of rotatable bonds is 7. The number of sulfonamides is 1. The highest BCUT2D eigenvalue weighted by molar-refractivity contribution is 7.90. The number of amides is 1. The predicted octanol–water partition coefficient (Wildman–Crippen LogP) is 4.70. The summed E-state index contributed by atoms with van der Waals surface area (Å²) in [6, 6.07) is 18.1. The van der Waals surface area contributed by atoms with Crippen molar-refractivity contribution in [2.45, 2.75) is 4.90 Å². The molecule has 0 aliphatic heterocycles. The maximum atomic E-state index is 12.8. The minimum Gasteiger partial charge on any atom is -0.497 e. The third kappa shape index (κ3) is 4.74. The van der Waals surface area contributed by atoms with Crippen molar-refractivity contribution in [3.8, 4) is 11.5 Å². The van der Waals surface area contributed by atoms with Crippen molar-refractivity contribution >= 4 is 49.8 Å². The minimum absolute atomic E-state index is 0.0453. The normalized spacial score (nSPS) is 11.2. The number of methoxy groups -OCH3 is 2. The molecule has 0 bridgehead atoms. The van der Waals surface area contributed by atoms with Crippen molar-refractivity contribution < 1.29 is 22.7 Å². The number of benzene rings is 3. The second-order valence-corrected chi connectivity index (χ2v) is 9.12. The highest BCUT2D eigenvalue weighted by Gasteiger charge is 2.21. The van der Waals surface area contributed by atoms with Crippen molar-refractivity contribution in [2.24, 2.45) is 0 Å². The highest BCUT2D eigenvalue weighted by atomic mass is 35.5. The number of hydrogen-bond donors (Lipinski definition) is 3. The van der Waals surface area contributed by atoms with Gasteiger partial charge in [0.05, 0.1) is 29.7 Å². The van der Waals surface area contributed by atoms with Gasteiger partial charge in [0.15, 0.2) is 0 Å². The van der Waals surface area contributed by atoms with Crippen LogP contribution in [0, 0.1) is 0 Å². The van der Waals surface area contributed by atoms with Gasteiger partial charge < -0.3 is 19.8 Å². The lowest BCUT2D eigenvalue weighted by molar-refractivity contribution is 0.0977. The topological polar surface area (TPSA) is 110 Å². The van der Waals surface area contributed by atoms with E-state index >= 15 is 0 Å². The first-order valence-electron chi connectivity index (χ1n) is 9.74. The first-order valence-corrected chi connectivity index (χ1v) is 11.6. The van der Waals surface area contributed by atoms with E-state index < -0.39 is 15.9 Å². The Bertz CT molecular complexity index is 1430. The quantitative estimate of drug-likeness (QED) is 0.350. The van der Waals surface area contributed by atoms with E-state index in [9.17, 15) is 13.2 Å². The number of ether oxygens (including phenoxy) is 2. The van der Waals surface area contributed by atoms with Gasteiger partial charge in [0, 0.05) is 22.8 Å². The van der Waals surface area contributed by atoms with Gasteiger partial charge in [-0.2, -0.15) is 0 Å². The summed E-state index contributed by atoms with van der Waals surface area (Å²) in [5, 5.41) is 4.28. The SMILES string of the molecule is COc1ccc(S(=O)(=O)NC(=O)c2cc3c(Nc4cccc(OC)c4)ccc(Cl)c3[nH]2)cc1. The number of halogens is 1. The lowest BCUT2D eigenvalue weighted by Gasteiger charge is -2.09. The van der Waals surface area contributed by atoms with Crippen LogP contribution in [-0.4, -0.2) is 33.5 Å². The first kappa shape index (κ1) is 22.5. The molecule has 0 radical (unpaired) electrons. The molecule has 0 saturated carbocycles. The van der Waals surface area contributed by atoms with E-state index in [1.165, 1.54) is 31.4 Å². The molecular formula is C23H20ClN3O5S. The fourth-order valence-corrected chi connectivity index (χ4v) is 4.44. The summed E-state index contributed by atoms with van der Waals surface area (Å²) < 4.78 is 37.6. The maximum Gasteiger partial charge on any atom is 0.281 e. The van der Waals surface area contributed by atoms with E-state index in [1.54, 1.807) is 25.3 Å². The summed E-state index contributed by atoms with van der Waals surface area (Å²) in [5.41, 5.74) is 1.99. The number of aromatic nitrogens is 1. The lowest BCUT2D eigenvalue weighted by Crippen LogP contribution is -2.30. The molecule has 4 rings (SSSR count). The molecule has 33 heavy (non-hydrogen) atoms. The minimum atomic E-state index is -4.08. The average molecular weight is 486 g/mol. The van der Waals surface area contributed by atoms with Gasteiger partial charge in [-0.3, -0.25) is 4.79 Å². The zero-order chi connectivity index (χ0) is 23.6. The van der Waals surface area contributed by atoms with Crippen LogP contribution in [0.15, 0.2) is 71.6 Å². The molecule has 0 atom stereocenters. The third-order valence-corrected chi connectivity index (χ3v) is 6.60. The molecule has 0 unspecified atom stereocenters. The lowest BCUT2D eigenvalue weighted by atomic mass is 10.2. The summed E-state index contributed by atoms with van der Waals surface area (Å²) in [7, 11) is -1.03. The Morgan fingerprint density at radius 1 is 0.939 bits per heavy atom. The summed E-state index contributed by atoms with van der Waals surface area (Å²) >= 11 is 6.31. The smallest absolute Gasteiger partial charge is 0.281 e. The molecule has 0 aliphatic carbocycles. The number of anilines is 2. The van der Waals surface area contributed by atoms with E-state index in [4.69, 9.17) is 21.1 Å². The molecule has 8 nitrogen and oxygen atoms in total. The van der Waals surface area contributed by atoms with Gasteiger partial charge >= 0.3 is 0 Å². The second kappa shape index (κ2) is 9.05. The monoisotopic (exact) mass is 485 g/mol. The summed E-state index contributed by atoms with van der Waals surface area (Å²) in [6.07, 6.45) is 0. The van der Waals surface area contributed by atoms with Crippen LogP contribution in [0.5, 0.6) is 11.5 Å². The van der Waals surface area contributed by atoms with Gasteiger partial charge in [-0.05, 0) is 54.6 Å². The Labute approximate surface area is 195 Å². The summed E-state index contributed by atoms with van der Waals surface area (Å²) in [5.74, 6) is 0.370. The fourth-order valence-electron chi connectivity index (χ4n) is 3.26. The molecule has 10 heteroatoms. The van der Waals surface area contributed by atoms with Gasteiger partial charge in [0.1, 0.15) is 17.2 Å². The Morgan fingerprint density at radius 2 is 1.67 bits per heavy atom. The number of H-pyrrole nitrogens is 1. The molecule has 1 aromatic heterocycles. The van der Waals surface area contributed by atoms with Crippen molar-refractivity contribution in [3.05, 3.63) is 77.4 Å². The van der Waals surface area contributed by atoms with Gasteiger partial charge in [0.25, 0.3) is 15.9 Å². The van der Waals surface area contributed by atoms with Gasteiger partial charge in [0.2, 0.25) is 0 Å². The van der Waals surface area contributed by atoms with Gasteiger partial charge in [-0.1, -0.05) is 17.7 Å². The van der Waals surface area contributed by atoms with E-state index in [0.717, 1.165) is 5.69 Å². The standard InChI is InChI=1S/C23H20ClN3O5S/c1-31-15-6-8-17(9-7-15)33(29,30)27-23(28)21-13-18-20(11-10-19(24)22(18)26-21)25-14-4-3-5-16(12-14)32-2/h3-13,25-26H,1-2H3,(H,27,28). The first-order chi connectivity index (χ1) is 15.8. The zero-order valence-electron chi connectivity index (χ0n) is 17.7. The average Bonchev–Trinajstić information content (AvgIpc) is 3.28. The van der Waals surface area contributed by atoms with Crippen LogP contribution in [-0.2, 0) is 10.0 Å². The van der Waals surface area contributed by atoms with Crippen LogP contribution in [0.2, 0.25) is 5.02 Å². The molecular weight excluding hydrogens is 466 g/mol. The number of nitrogens with one attached hydrogen (secondary N) is 3. The predicted molar refractivity (Wildman–Crippen MR) is 127 cm³/mol. The maximum absolute atomic E-state index is 12.8. The Morgan fingerprint density at radius 3 is 2.36 bits per heavy atom. The molecule has 170 valence electrons. The summed E-state index contributed by atoms with van der Waals surface area (Å²) in [6.45, 7) is 0. The number of carbonyl (C=O) groups excluding carboxylic acids is 1. The molecule has 1 heterocycles. The van der Waals surface area contributed by atoms with Gasteiger partial charge in [-0.15, -0.1) is 0 Å². The van der Waals surface area contributed by atoms with Crippen LogP contribution in [0.4, 0.5) is 11.4 Å². The van der Waals surface area contributed by atoms with E-state index in [2.05, 4.69) is 15.0 Å². The van der Waals surface area contributed by atoms with Crippen LogP contribution in [0.25, 0.3) is 10.9 Å². The van der Waals surface area contributed by atoms with Crippen LogP contribution in [0.1, 0.15) is 10.5 Å². The van der Waals surface area contributed by atoms with Gasteiger partial charge in [-0.25, -0.2) is 13.1 Å². The highest BCUT2D eigenvalue weighted by Crippen LogP contribution is 2.33. The molecule has 0 saturated heterocycles.